The Morgan fingerprint density at radius 2 is 1.62 bits per heavy atom. The summed E-state index contributed by atoms with van der Waals surface area (Å²) in [4.78, 5) is 49.5. The zero-order valence-corrected chi connectivity index (χ0v) is 15.7. The van der Waals surface area contributed by atoms with E-state index in [-0.39, 0.29) is 18.9 Å². The molecule has 8 nitrogen and oxygen atoms in total. The lowest BCUT2D eigenvalue weighted by atomic mass is 10.1. The fourth-order valence-corrected chi connectivity index (χ4v) is 2.97. The standard InChI is InChI=1S/C21H21N3O5/c25-18(22-23-20(27)16-9-5-2-6-10-16)14-29-21(28)17-11-19(26)24(13-17)12-15-7-3-1-4-8-15/h1-10,17H,11-14H2,(H,22,25)(H,23,27)/t17-/m1/s1. The number of carbonyl (C=O) groups is 4. The summed E-state index contributed by atoms with van der Waals surface area (Å²) in [5, 5.41) is 0. The Bertz CT molecular complexity index is 886. The summed E-state index contributed by atoms with van der Waals surface area (Å²) in [5.41, 5.74) is 5.78. The molecule has 0 bridgehead atoms. The number of hydrogen-bond donors (Lipinski definition) is 2. The minimum atomic E-state index is -0.673. The molecule has 1 aliphatic rings. The molecule has 3 amide bonds. The van der Waals surface area contributed by atoms with E-state index < -0.39 is 30.3 Å². The zero-order chi connectivity index (χ0) is 20.6. The maximum atomic E-state index is 12.2. The first-order chi connectivity index (χ1) is 14.0. The fraction of sp³-hybridized carbons (Fsp3) is 0.238. The average Bonchev–Trinajstić information content (AvgIpc) is 3.12. The van der Waals surface area contributed by atoms with Gasteiger partial charge in [-0.3, -0.25) is 30.0 Å². The Morgan fingerprint density at radius 3 is 2.31 bits per heavy atom. The number of nitrogens with one attached hydrogen (secondary N) is 2. The van der Waals surface area contributed by atoms with Crippen LogP contribution in [0.1, 0.15) is 22.3 Å². The van der Waals surface area contributed by atoms with Crippen LogP contribution in [0.15, 0.2) is 60.7 Å². The molecule has 0 spiro atoms. The van der Waals surface area contributed by atoms with Crippen LogP contribution in [0.25, 0.3) is 0 Å². The summed E-state index contributed by atoms with van der Waals surface area (Å²) in [7, 11) is 0. The van der Waals surface area contributed by atoms with Crippen molar-refractivity contribution in [3.05, 3.63) is 71.8 Å². The van der Waals surface area contributed by atoms with E-state index in [1.807, 2.05) is 30.3 Å². The summed E-state index contributed by atoms with van der Waals surface area (Å²) in [6.45, 7) is 0.131. The molecule has 2 N–H and O–H groups in total. The minimum absolute atomic E-state index is 0.0536. The van der Waals surface area contributed by atoms with Gasteiger partial charge in [0, 0.05) is 25.1 Å². The van der Waals surface area contributed by atoms with Gasteiger partial charge in [0.15, 0.2) is 6.61 Å². The number of amides is 3. The van der Waals surface area contributed by atoms with Crippen LogP contribution in [0.4, 0.5) is 0 Å². The van der Waals surface area contributed by atoms with Gasteiger partial charge >= 0.3 is 5.97 Å². The van der Waals surface area contributed by atoms with Crippen LogP contribution in [0, 0.1) is 5.92 Å². The van der Waals surface area contributed by atoms with E-state index in [9.17, 15) is 19.2 Å². The van der Waals surface area contributed by atoms with E-state index in [0.29, 0.717) is 12.1 Å². The van der Waals surface area contributed by atoms with Crippen LogP contribution in [0.5, 0.6) is 0 Å². The van der Waals surface area contributed by atoms with Crippen LogP contribution >= 0.6 is 0 Å². The zero-order valence-electron chi connectivity index (χ0n) is 15.7. The van der Waals surface area contributed by atoms with Crippen molar-refractivity contribution in [3.63, 3.8) is 0 Å². The minimum Gasteiger partial charge on any atom is -0.455 e. The largest absolute Gasteiger partial charge is 0.455 e. The molecular weight excluding hydrogens is 374 g/mol. The van der Waals surface area contributed by atoms with E-state index in [1.165, 1.54) is 0 Å². The lowest BCUT2D eigenvalue weighted by Gasteiger charge is -2.16. The molecule has 0 unspecified atom stereocenters. The summed E-state index contributed by atoms with van der Waals surface area (Å²) >= 11 is 0. The van der Waals surface area contributed by atoms with Gasteiger partial charge in [-0.2, -0.15) is 0 Å². The molecule has 8 heteroatoms. The van der Waals surface area contributed by atoms with E-state index in [0.717, 1.165) is 5.56 Å². The number of likely N-dealkylation sites (tertiary alicyclic amines) is 1. The molecule has 1 saturated heterocycles. The first-order valence-electron chi connectivity index (χ1n) is 9.15. The fourth-order valence-electron chi connectivity index (χ4n) is 2.97. The quantitative estimate of drug-likeness (QED) is 0.562. The van der Waals surface area contributed by atoms with Crippen molar-refractivity contribution in [2.24, 2.45) is 5.92 Å². The van der Waals surface area contributed by atoms with Gasteiger partial charge in [0.05, 0.1) is 5.92 Å². The van der Waals surface area contributed by atoms with Gasteiger partial charge in [-0.05, 0) is 17.7 Å². The molecule has 1 aliphatic heterocycles. The van der Waals surface area contributed by atoms with Crippen molar-refractivity contribution >= 4 is 23.7 Å². The summed E-state index contributed by atoms with van der Waals surface area (Å²) in [6, 6.07) is 17.8. The molecule has 1 heterocycles. The SMILES string of the molecule is O=C(COC(=O)[C@@H]1CC(=O)N(Cc2ccccc2)C1)NNC(=O)c1ccccc1. The topological polar surface area (TPSA) is 105 Å². The van der Waals surface area contributed by atoms with Gasteiger partial charge in [-0.25, -0.2) is 0 Å². The van der Waals surface area contributed by atoms with Gasteiger partial charge in [0.25, 0.3) is 11.8 Å². The Kier molecular flexibility index (Phi) is 6.57. The van der Waals surface area contributed by atoms with Crippen molar-refractivity contribution < 1.29 is 23.9 Å². The lowest BCUT2D eigenvalue weighted by Crippen LogP contribution is -2.43. The molecule has 0 aromatic heterocycles. The molecule has 1 fully saturated rings. The Balaban J connectivity index is 1.40. The van der Waals surface area contributed by atoms with Gasteiger partial charge in [-0.1, -0.05) is 48.5 Å². The molecular formula is C21H21N3O5. The second-order valence-electron chi connectivity index (χ2n) is 6.64. The highest BCUT2D eigenvalue weighted by molar-refractivity contribution is 5.95. The van der Waals surface area contributed by atoms with Crippen molar-refractivity contribution in [1.82, 2.24) is 15.8 Å². The van der Waals surface area contributed by atoms with Gasteiger partial charge in [0.1, 0.15) is 0 Å². The highest BCUT2D eigenvalue weighted by Gasteiger charge is 2.35. The van der Waals surface area contributed by atoms with E-state index in [4.69, 9.17) is 4.74 Å². The molecule has 0 radical (unpaired) electrons. The highest BCUT2D eigenvalue weighted by Crippen LogP contribution is 2.21. The van der Waals surface area contributed by atoms with Crippen LogP contribution < -0.4 is 10.9 Å². The Hall–Kier alpha value is -3.68. The van der Waals surface area contributed by atoms with Crippen molar-refractivity contribution in [3.8, 4) is 0 Å². The normalized spacial score (nSPS) is 15.7. The number of nitrogens with zero attached hydrogens (tertiary/aromatic N) is 1. The number of rotatable bonds is 6. The Labute approximate surface area is 167 Å². The monoisotopic (exact) mass is 395 g/mol. The molecule has 2 aromatic rings. The molecule has 29 heavy (non-hydrogen) atoms. The number of ether oxygens (including phenoxy) is 1. The highest BCUT2D eigenvalue weighted by atomic mass is 16.5. The third kappa shape index (κ3) is 5.65. The Morgan fingerprint density at radius 1 is 0.966 bits per heavy atom. The summed E-state index contributed by atoms with van der Waals surface area (Å²) in [6.07, 6.45) is 0.0536. The van der Waals surface area contributed by atoms with Gasteiger partial charge in [0.2, 0.25) is 5.91 Å². The lowest BCUT2D eigenvalue weighted by molar-refractivity contribution is -0.152. The average molecular weight is 395 g/mol. The number of benzene rings is 2. The van der Waals surface area contributed by atoms with Crippen LogP contribution in [0.3, 0.4) is 0 Å². The first kappa shape index (κ1) is 20.1. The maximum Gasteiger partial charge on any atom is 0.311 e. The molecule has 150 valence electrons. The summed E-state index contributed by atoms with van der Waals surface area (Å²) < 4.78 is 4.99. The third-order valence-electron chi connectivity index (χ3n) is 4.46. The smallest absolute Gasteiger partial charge is 0.311 e. The van der Waals surface area contributed by atoms with E-state index in [2.05, 4.69) is 10.9 Å². The first-order valence-corrected chi connectivity index (χ1v) is 9.15. The summed E-state index contributed by atoms with van der Waals surface area (Å²) in [5.74, 6) is -2.51. The predicted octanol–water partition coefficient (Wildman–Crippen LogP) is 1.04. The van der Waals surface area contributed by atoms with Crippen LogP contribution in [-0.2, 0) is 25.7 Å². The molecule has 3 rings (SSSR count). The second-order valence-corrected chi connectivity index (χ2v) is 6.64. The van der Waals surface area contributed by atoms with Crippen LogP contribution in [0.2, 0.25) is 0 Å². The maximum absolute atomic E-state index is 12.2. The number of hydrazine groups is 1. The van der Waals surface area contributed by atoms with Gasteiger partial charge in [-0.15, -0.1) is 0 Å². The van der Waals surface area contributed by atoms with Crippen LogP contribution in [-0.4, -0.2) is 41.7 Å². The molecule has 0 aliphatic carbocycles. The van der Waals surface area contributed by atoms with Crippen molar-refractivity contribution in [2.45, 2.75) is 13.0 Å². The van der Waals surface area contributed by atoms with E-state index in [1.54, 1.807) is 35.2 Å². The van der Waals surface area contributed by atoms with Crippen molar-refractivity contribution in [1.29, 1.82) is 0 Å². The second kappa shape index (κ2) is 9.50. The van der Waals surface area contributed by atoms with Gasteiger partial charge < -0.3 is 9.64 Å². The number of esters is 1. The number of hydrogen-bond acceptors (Lipinski definition) is 5. The number of carbonyl (C=O) groups excluding carboxylic acids is 4. The third-order valence-corrected chi connectivity index (χ3v) is 4.46. The molecule has 2 aromatic carbocycles. The predicted molar refractivity (Wildman–Crippen MR) is 103 cm³/mol. The molecule has 0 saturated carbocycles. The van der Waals surface area contributed by atoms with E-state index >= 15 is 0 Å². The molecule has 1 atom stereocenters. The van der Waals surface area contributed by atoms with Crippen molar-refractivity contribution in [2.75, 3.05) is 13.2 Å².